The largest absolute Gasteiger partial charge is 0.316 e. The van der Waals surface area contributed by atoms with Crippen LogP contribution in [0.3, 0.4) is 0 Å². The number of hydrogen-bond acceptors (Lipinski definition) is 3. The predicted molar refractivity (Wildman–Crippen MR) is 69.1 cm³/mol. The van der Waals surface area contributed by atoms with Gasteiger partial charge in [-0.2, -0.15) is 0 Å². The van der Waals surface area contributed by atoms with Crippen molar-refractivity contribution in [3.63, 3.8) is 0 Å². The molecule has 0 saturated heterocycles. The Morgan fingerprint density at radius 1 is 1.35 bits per heavy atom. The van der Waals surface area contributed by atoms with E-state index < -0.39 is 0 Å². The molecular formula is C13H20N2O2. The summed E-state index contributed by atoms with van der Waals surface area (Å²) in [5.41, 5.74) is 1.29. The number of nitrogens with zero attached hydrogens (tertiary/aromatic N) is 1. The van der Waals surface area contributed by atoms with Crippen molar-refractivity contribution in [3.05, 3.63) is 39.9 Å². The zero-order chi connectivity index (χ0) is 12.7. The fraction of sp³-hybridized carbons (Fsp3) is 0.538. The number of nitro groups is 1. The predicted octanol–water partition coefficient (Wildman–Crippen LogP) is 2.77. The van der Waals surface area contributed by atoms with Crippen molar-refractivity contribution in [2.75, 3.05) is 13.1 Å². The summed E-state index contributed by atoms with van der Waals surface area (Å²) in [6, 6.07) is 6.76. The molecule has 0 fully saturated rings. The number of hydrogen-bond donors (Lipinski definition) is 1. The van der Waals surface area contributed by atoms with E-state index in [0.717, 1.165) is 25.1 Å². The van der Waals surface area contributed by atoms with Crippen LogP contribution in [0.5, 0.6) is 0 Å². The van der Waals surface area contributed by atoms with Gasteiger partial charge in [0.05, 0.1) is 4.92 Å². The molecule has 4 heteroatoms. The van der Waals surface area contributed by atoms with Crippen LogP contribution >= 0.6 is 0 Å². The number of benzene rings is 1. The second-order valence-electron chi connectivity index (χ2n) is 4.39. The van der Waals surface area contributed by atoms with Crippen molar-refractivity contribution in [2.24, 2.45) is 5.92 Å². The summed E-state index contributed by atoms with van der Waals surface area (Å²) in [7, 11) is 0. The zero-order valence-corrected chi connectivity index (χ0v) is 10.5. The third kappa shape index (κ3) is 4.95. The Balaban J connectivity index is 2.30. The molecule has 1 rings (SSSR count). The Kier molecular flexibility index (Phi) is 5.63. The summed E-state index contributed by atoms with van der Waals surface area (Å²) in [5.74, 6) is 0.701. The molecule has 1 atom stereocenters. The van der Waals surface area contributed by atoms with E-state index in [1.54, 1.807) is 12.1 Å². The fourth-order valence-electron chi connectivity index (χ4n) is 1.51. The molecule has 0 aromatic heterocycles. The molecule has 17 heavy (non-hydrogen) atoms. The first-order chi connectivity index (χ1) is 8.13. The molecule has 0 bridgehead atoms. The molecule has 0 radical (unpaired) electrons. The molecule has 1 unspecified atom stereocenters. The molecular weight excluding hydrogens is 216 g/mol. The van der Waals surface area contributed by atoms with E-state index in [9.17, 15) is 10.1 Å². The first-order valence-corrected chi connectivity index (χ1v) is 6.07. The second-order valence-corrected chi connectivity index (χ2v) is 4.39. The van der Waals surface area contributed by atoms with Crippen molar-refractivity contribution < 1.29 is 4.92 Å². The minimum atomic E-state index is -0.370. The summed E-state index contributed by atoms with van der Waals surface area (Å²) in [6.45, 7) is 6.35. The van der Waals surface area contributed by atoms with E-state index in [0.29, 0.717) is 5.92 Å². The summed E-state index contributed by atoms with van der Waals surface area (Å²) in [6.07, 6.45) is 2.10. The smallest absolute Gasteiger partial charge is 0.269 e. The molecule has 0 aliphatic carbocycles. The number of nitro benzene ring substituents is 1. The molecule has 1 aromatic rings. The SMILES string of the molecule is CCC(C)CNCCc1ccc([N+](=O)[O-])cc1. The summed E-state index contributed by atoms with van der Waals surface area (Å²) in [4.78, 5) is 10.1. The van der Waals surface area contributed by atoms with Crippen molar-refractivity contribution in [2.45, 2.75) is 26.7 Å². The third-order valence-electron chi connectivity index (χ3n) is 2.93. The minimum absolute atomic E-state index is 0.154. The van der Waals surface area contributed by atoms with Gasteiger partial charge in [-0.3, -0.25) is 10.1 Å². The Bertz CT molecular complexity index is 349. The van der Waals surface area contributed by atoms with E-state index in [1.807, 2.05) is 12.1 Å². The van der Waals surface area contributed by atoms with E-state index in [4.69, 9.17) is 0 Å². The van der Waals surface area contributed by atoms with Crippen LogP contribution in [0, 0.1) is 16.0 Å². The lowest BCUT2D eigenvalue weighted by Gasteiger charge is -2.09. The highest BCUT2D eigenvalue weighted by Gasteiger charge is 2.03. The second kappa shape index (κ2) is 7.01. The lowest BCUT2D eigenvalue weighted by molar-refractivity contribution is -0.384. The van der Waals surface area contributed by atoms with Crippen molar-refractivity contribution in [3.8, 4) is 0 Å². The zero-order valence-electron chi connectivity index (χ0n) is 10.5. The average Bonchev–Trinajstić information content (AvgIpc) is 2.34. The summed E-state index contributed by atoms with van der Waals surface area (Å²) >= 11 is 0. The van der Waals surface area contributed by atoms with Gasteiger partial charge in [0, 0.05) is 12.1 Å². The normalized spacial score (nSPS) is 12.4. The lowest BCUT2D eigenvalue weighted by atomic mass is 10.1. The van der Waals surface area contributed by atoms with Crippen LogP contribution in [-0.4, -0.2) is 18.0 Å². The fourth-order valence-corrected chi connectivity index (χ4v) is 1.51. The maximum Gasteiger partial charge on any atom is 0.269 e. The standard InChI is InChI=1S/C13H20N2O2/c1-3-11(2)10-14-9-8-12-4-6-13(7-5-12)15(16)17/h4-7,11,14H,3,8-10H2,1-2H3. The number of nitrogens with one attached hydrogen (secondary N) is 1. The van der Waals surface area contributed by atoms with Crippen molar-refractivity contribution in [1.82, 2.24) is 5.32 Å². The van der Waals surface area contributed by atoms with E-state index in [-0.39, 0.29) is 10.6 Å². The van der Waals surface area contributed by atoms with Gasteiger partial charge in [-0.15, -0.1) is 0 Å². The highest BCUT2D eigenvalue weighted by molar-refractivity contribution is 5.32. The van der Waals surface area contributed by atoms with Gasteiger partial charge in [0.2, 0.25) is 0 Å². The third-order valence-corrected chi connectivity index (χ3v) is 2.93. The van der Waals surface area contributed by atoms with Crippen LogP contribution in [-0.2, 0) is 6.42 Å². The molecule has 0 heterocycles. The van der Waals surface area contributed by atoms with E-state index in [2.05, 4.69) is 19.2 Å². The Morgan fingerprint density at radius 3 is 2.53 bits per heavy atom. The summed E-state index contributed by atoms with van der Waals surface area (Å²) < 4.78 is 0. The number of rotatable bonds is 7. The maximum atomic E-state index is 10.5. The highest BCUT2D eigenvalue weighted by Crippen LogP contribution is 2.11. The van der Waals surface area contributed by atoms with Gasteiger partial charge in [-0.1, -0.05) is 32.4 Å². The van der Waals surface area contributed by atoms with Crippen LogP contribution in [0.4, 0.5) is 5.69 Å². The van der Waals surface area contributed by atoms with Crippen LogP contribution in [0.25, 0.3) is 0 Å². The van der Waals surface area contributed by atoms with Crippen LogP contribution in [0.15, 0.2) is 24.3 Å². The Morgan fingerprint density at radius 2 is 2.00 bits per heavy atom. The lowest BCUT2D eigenvalue weighted by Crippen LogP contribution is -2.23. The molecule has 94 valence electrons. The molecule has 0 aliphatic rings. The molecule has 0 aliphatic heterocycles. The minimum Gasteiger partial charge on any atom is -0.316 e. The Labute approximate surface area is 102 Å². The van der Waals surface area contributed by atoms with Crippen molar-refractivity contribution in [1.29, 1.82) is 0 Å². The van der Waals surface area contributed by atoms with Gasteiger partial charge in [0.25, 0.3) is 5.69 Å². The van der Waals surface area contributed by atoms with Gasteiger partial charge in [-0.25, -0.2) is 0 Å². The first-order valence-electron chi connectivity index (χ1n) is 6.07. The molecule has 0 spiro atoms. The summed E-state index contributed by atoms with van der Waals surface area (Å²) in [5, 5.41) is 13.9. The van der Waals surface area contributed by atoms with Crippen molar-refractivity contribution >= 4 is 5.69 Å². The molecule has 1 N–H and O–H groups in total. The molecule has 0 amide bonds. The monoisotopic (exact) mass is 236 g/mol. The first kappa shape index (κ1) is 13.6. The van der Waals surface area contributed by atoms with E-state index in [1.165, 1.54) is 6.42 Å². The number of non-ortho nitro benzene ring substituents is 1. The van der Waals surface area contributed by atoms with Crippen LogP contribution in [0.2, 0.25) is 0 Å². The van der Waals surface area contributed by atoms with Gasteiger partial charge in [0.15, 0.2) is 0 Å². The topological polar surface area (TPSA) is 55.2 Å². The van der Waals surface area contributed by atoms with Crippen LogP contribution in [0.1, 0.15) is 25.8 Å². The maximum absolute atomic E-state index is 10.5. The van der Waals surface area contributed by atoms with Crippen LogP contribution < -0.4 is 5.32 Å². The van der Waals surface area contributed by atoms with Gasteiger partial charge in [-0.05, 0) is 31.0 Å². The van der Waals surface area contributed by atoms with Gasteiger partial charge in [0.1, 0.15) is 0 Å². The van der Waals surface area contributed by atoms with Gasteiger partial charge < -0.3 is 5.32 Å². The molecule has 4 nitrogen and oxygen atoms in total. The highest BCUT2D eigenvalue weighted by atomic mass is 16.6. The Hall–Kier alpha value is -1.42. The average molecular weight is 236 g/mol. The molecule has 0 saturated carbocycles. The van der Waals surface area contributed by atoms with E-state index >= 15 is 0 Å². The quantitative estimate of drug-likeness (QED) is 0.450. The van der Waals surface area contributed by atoms with Gasteiger partial charge >= 0.3 is 0 Å². The molecule has 1 aromatic carbocycles.